The Morgan fingerprint density at radius 3 is 0.918 bits per heavy atom. The van der Waals surface area contributed by atoms with Gasteiger partial charge < -0.3 is 18.8 Å². The topological polar surface area (TPSA) is 41.5 Å². The minimum absolute atomic E-state index is 0.560. The molecule has 0 aliphatic carbocycles. The van der Waals surface area contributed by atoms with Crippen molar-refractivity contribution in [3.8, 4) is 11.5 Å². The minimum atomic E-state index is -1.57. The smallest absolute Gasteiger partial charge is 0.492 e. The molecule has 280 valence electrons. The highest BCUT2D eigenvalue weighted by atomic mass is 16.7. The zero-order valence-corrected chi connectivity index (χ0v) is 33.3. The van der Waals surface area contributed by atoms with Crippen molar-refractivity contribution in [1.82, 2.24) is 0 Å². The summed E-state index contributed by atoms with van der Waals surface area (Å²) in [5, 5.41) is 12.3. The van der Waals surface area contributed by atoms with Crippen LogP contribution in [-0.4, -0.2) is 38.0 Å². The molecule has 0 saturated carbocycles. The van der Waals surface area contributed by atoms with Crippen LogP contribution in [0.25, 0.3) is 0 Å². The van der Waals surface area contributed by atoms with E-state index >= 15 is 0 Å². The number of nitrogens with zero attached hydrogens (tertiary/aromatic N) is 1. The van der Waals surface area contributed by atoms with Crippen LogP contribution in [0.3, 0.4) is 0 Å². The molecule has 0 atom stereocenters. The number of benzene rings is 2. The second kappa shape index (κ2) is 30.8. The Hall–Kier alpha value is -1.98. The van der Waals surface area contributed by atoms with Gasteiger partial charge in [0.05, 0.1) is 26.2 Å². The molecule has 2 aromatic rings. The first-order chi connectivity index (χ1) is 23.9. The summed E-state index contributed by atoms with van der Waals surface area (Å²) >= 11 is 0. The predicted octanol–water partition coefficient (Wildman–Crippen LogP) is 12.3. The summed E-state index contributed by atoms with van der Waals surface area (Å²) in [5.41, 5.74) is 2.60. The highest BCUT2D eigenvalue weighted by Crippen LogP contribution is 2.19. The highest BCUT2D eigenvalue weighted by molar-refractivity contribution is 6.34. The summed E-state index contributed by atoms with van der Waals surface area (Å²) in [7, 11) is -1.57. The number of hydrogen-bond donors (Lipinski definition) is 0. The fourth-order valence-corrected chi connectivity index (χ4v) is 6.69. The van der Waals surface area contributed by atoms with Crippen LogP contribution < -0.4 is 14.3 Å². The van der Waals surface area contributed by atoms with Crippen molar-refractivity contribution in [1.29, 1.82) is 0 Å². The molecular formula is C44H78BNO3. The summed E-state index contributed by atoms with van der Waals surface area (Å²) in [6.07, 6.45) is 29.2. The third-order valence-corrected chi connectivity index (χ3v) is 10.6. The van der Waals surface area contributed by atoms with E-state index in [0.29, 0.717) is 11.5 Å². The van der Waals surface area contributed by atoms with Crippen molar-refractivity contribution in [2.45, 2.75) is 183 Å². The summed E-state index contributed by atoms with van der Waals surface area (Å²) < 4.78 is 12.2. The van der Waals surface area contributed by atoms with Crippen LogP contribution in [-0.2, 0) is 12.8 Å². The molecule has 0 amide bonds. The fraction of sp³-hybridized carbons (Fsp3) is 0.727. The van der Waals surface area contributed by atoms with Crippen molar-refractivity contribution in [2.75, 3.05) is 26.2 Å². The molecule has 0 unspecified atom stereocenters. The monoisotopic (exact) mass is 680 g/mol. The maximum atomic E-state index is 12.3. The van der Waals surface area contributed by atoms with Crippen molar-refractivity contribution < 1.29 is 18.8 Å². The number of unbranched alkanes of at least 4 members (excludes halogenated alkanes) is 18. The number of aryl methyl sites for hydroxylation is 2. The summed E-state index contributed by atoms with van der Waals surface area (Å²) in [4.78, 5) is 0. The highest BCUT2D eigenvalue weighted by Gasteiger charge is 2.16. The van der Waals surface area contributed by atoms with Crippen LogP contribution in [0.2, 0.25) is 0 Å². The molecule has 0 spiro atoms. The van der Waals surface area contributed by atoms with E-state index in [1.54, 1.807) is 0 Å². The van der Waals surface area contributed by atoms with E-state index in [1.165, 1.54) is 170 Å². The Morgan fingerprint density at radius 1 is 0.408 bits per heavy atom. The van der Waals surface area contributed by atoms with Crippen LogP contribution >= 0.6 is 0 Å². The van der Waals surface area contributed by atoms with Crippen molar-refractivity contribution in [3.05, 3.63) is 59.7 Å². The van der Waals surface area contributed by atoms with Crippen molar-refractivity contribution in [3.63, 3.8) is 0 Å². The normalized spacial score (nSPS) is 11.2. The minimum Gasteiger partial charge on any atom is -0.808 e. The Kier molecular flexibility index (Phi) is 28.3. The van der Waals surface area contributed by atoms with Gasteiger partial charge in [-0.05, 0) is 88.8 Å². The van der Waals surface area contributed by atoms with Crippen LogP contribution in [0.4, 0.5) is 0 Å². The van der Waals surface area contributed by atoms with Gasteiger partial charge in [0, 0.05) is 0 Å². The van der Waals surface area contributed by atoms with Gasteiger partial charge in [-0.1, -0.05) is 154 Å². The van der Waals surface area contributed by atoms with Crippen molar-refractivity contribution >= 4 is 7.32 Å². The molecule has 0 aliphatic heterocycles. The Bertz CT molecular complexity index is 890. The summed E-state index contributed by atoms with van der Waals surface area (Å²) in [6.45, 7) is 18.8. The second-order valence-electron chi connectivity index (χ2n) is 14.3. The molecule has 0 heterocycles. The Labute approximate surface area is 305 Å². The van der Waals surface area contributed by atoms with E-state index < -0.39 is 7.32 Å². The number of rotatable bonds is 30. The van der Waals surface area contributed by atoms with Crippen LogP contribution in [0.15, 0.2) is 48.5 Å². The lowest BCUT2D eigenvalue weighted by atomic mass is 10.0. The molecule has 5 heteroatoms. The van der Waals surface area contributed by atoms with Gasteiger partial charge in [0.1, 0.15) is 11.5 Å². The molecule has 0 aliphatic rings. The average molecular weight is 680 g/mol. The van der Waals surface area contributed by atoms with Gasteiger partial charge in [-0.3, -0.25) is 0 Å². The van der Waals surface area contributed by atoms with E-state index in [1.807, 2.05) is 24.3 Å². The molecule has 4 nitrogen and oxygen atoms in total. The SMILES string of the molecule is CCCCCCCCCCCCc1ccc(OB([O-])Oc2ccc(CCCCCCCCCCCC)cc2)cc1.CC[N+](CC)(CC)CC. The zero-order valence-electron chi connectivity index (χ0n) is 33.3. The number of hydrogen-bond acceptors (Lipinski definition) is 3. The molecule has 0 radical (unpaired) electrons. The summed E-state index contributed by atoms with van der Waals surface area (Å²) in [5.74, 6) is 1.12. The van der Waals surface area contributed by atoms with Crippen LogP contribution in [0.5, 0.6) is 11.5 Å². The standard InChI is InChI=1S/C36H58BO3.C8H20N/c1-3-5-7-9-11-13-15-17-19-21-23-33-25-29-35(30-26-33)39-37(38)40-36-31-27-34(28-32-36)24-22-20-18-16-14-12-10-8-6-4-2;1-5-9(6-2,7-3)8-4/h25-32H,3-24H2,1-2H3;5-8H2,1-4H3/q-1;+1. The average Bonchev–Trinajstić information content (AvgIpc) is 3.13. The fourth-order valence-electron chi connectivity index (χ4n) is 6.69. The van der Waals surface area contributed by atoms with Crippen LogP contribution in [0, 0.1) is 0 Å². The number of quaternary nitrogens is 1. The lowest BCUT2D eigenvalue weighted by Crippen LogP contribution is -2.47. The van der Waals surface area contributed by atoms with Crippen LogP contribution in [0.1, 0.15) is 181 Å². The maximum Gasteiger partial charge on any atom is 0.492 e. The summed E-state index contributed by atoms with van der Waals surface area (Å²) in [6, 6.07) is 15.8. The third kappa shape index (κ3) is 23.2. The van der Waals surface area contributed by atoms with Gasteiger partial charge in [0.2, 0.25) is 0 Å². The van der Waals surface area contributed by atoms with Gasteiger partial charge in [-0.15, -0.1) is 0 Å². The lowest BCUT2D eigenvalue weighted by Gasteiger charge is -2.34. The van der Waals surface area contributed by atoms with Gasteiger partial charge in [-0.25, -0.2) is 0 Å². The maximum absolute atomic E-state index is 12.3. The first-order valence-electron chi connectivity index (χ1n) is 21.0. The largest absolute Gasteiger partial charge is 0.808 e. The molecule has 0 aromatic heterocycles. The molecular weight excluding hydrogens is 601 g/mol. The Balaban J connectivity index is 0.00000117. The molecule has 2 aromatic carbocycles. The van der Waals surface area contributed by atoms with Gasteiger partial charge in [0.15, 0.2) is 0 Å². The van der Waals surface area contributed by atoms with E-state index in [-0.39, 0.29) is 0 Å². The van der Waals surface area contributed by atoms with E-state index in [4.69, 9.17) is 9.31 Å². The molecule has 0 saturated heterocycles. The van der Waals surface area contributed by atoms with E-state index in [9.17, 15) is 5.02 Å². The van der Waals surface area contributed by atoms with E-state index in [2.05, 4.69) is 65.8 Å². The third-order valence-electron chi connectivity index (χ3n) is 10.6. The molecule has 2 rings (SSSR count). The quantitative estimate of drug-likeness (QED) is 0.0469. The van der Waals surface area contributed by atoms with Gasteiger partial charge >= 0.3 is 7.32 Å². The molecule has 0 bridgehead atoms. The van der Waals surface area contributed by atoms with Crippen molar-refractivity contribution in [2.24, 2.45) is 0 Å². The second-order valence-corrected chi connectivity index (χ2v) is 14.3. The van der Waals surface area contributed by atoms with Gasteiger partial charge in [0.25, 0.3) is 0 Å². The zero-order chi connectivity index (χ0) is 35.8. The Morgan fingerprint density at radius 2 is 0.673 bits per heavy atom. The molecule has 0 fully saturated rings. The molecule has 49 heavy (non-hydrogen) atoms. The van der Waals surface area contributed by atoms with Gasteiger partial charge in [-0.2, -0.15) is 0 Å². The van der Waals surface area contributed by atoms with E-state index in [0.717, 1.165) is 12.8 Å². The predicted molar refractivity (Wildman–Crippen MR) is 213 cm³/mol. The lowest BCUT2D eigenvalue weighted by molar-refractivity contribution is -0.921. The first-order valence-corrected chi connectivity index (χ1v) is 21.0. The molecule has 0 N–H and O–H groups in total. The first kappa shape index (κ1) is 45.0.